The first-order chi connectivity index (χ1) is 7.34. The lowest BCUT2D eigenvalue weighted by Crippen LogP contribution is -1.93. The Hall–Kier alpha value is -0.840. The number of hydrogen-bond donors (Lipinski definition) is 0. The third-order valence-electron chi connectivity index (χ3n) is 2.73. The van der Waals surface area contributed by atoms with Crippen LogP contribution in [0.25, 0.3) is 5.69 Å². The van der Waals surface area contributed by atoms with Gasteiger partial charge >= 0.3 is 0 Å². The molecule has 0 spiro atoms. The molecule has 1 aliphatic carbocycles. The number of hydrogen-bond acceptors (Lipinski definition) is 1. The molecule has 0 radical (unpaired) electrons. The fourth-order valence-electron chi connectivity index (χ4n) is 1.75. The predicted molar refractivity (Wildman–Crippen MR) is 68.3 cm³/mol. The Morgan fingerprint density at radius 2 is 1.93 bits per heavy atom. The Balaban J connectivity index is 2.02. The Morgan fingerprint density at radius 3 is 2.60 bits per heavy atom. The molecule has 76 valence electrons. The maximum atomic E-state index is 4.55. The largest absolute Gasteiger partial charge is 0.240 e. The second-order valence-electron chi connectivity index (χ2n) is 3.93. The van der Waals surface area contributed by atoms with Crippen LogP contribution in [0, 0.1) is 3.70 Å². The highest BCUT2D eigenvalue weighted by atomic mass is 127. The van der Waals surface area contributed by atoms with Crippen LogP contribution in [-0.4, -0.2) is 9.78 Å². The minimum Gasteiger partial charge on any atom is -0.240 e. The van der Waals surface area contributed by atoms with Crippen molar-refractivity contribution in [2.45, 2.75) is 18.8 Å². The molecule has 0 bridgehead atoms. The van der Waals surface area contributed by atoms with Gasteiger partial charge in [0.05, 0.1) is 5.69 Å². The highest BCUT2D eigenvalue weighted by Crippen LogP contribution is 2.41. The first kappa shape index (κ1) is 9.39. The summed E-state index contributed by atoms with van der Waals surface area (Å²) in [5.41, 5.74) is 2.56. The van der Waals surface area contributed by atoms with Gasteiger partial charge in [-0.25, -0.2) is 4.68 Å². The van der Waals surface area contributed by atoms with Gasteiger partial charge in [-0.3, -0.25) is 0 Å². The van der Waals surface area contributed by atoms with Gasteiger partial charge in [-0.1, -0.05) is 18.2 Å². The van der Waals surface area contributed by atoms with Gasteiger partial charge in [-0.05, 0) is 53.5 Å². The number of benzene rings is 1. The summed E-state index contributed by atoms with van der Waals surface area (Å²) in [6.45, 7) is 0. The van der Waals surface area contributed by atoms with E-state index in [9.17, 15) is 0 Å². The van der Waals surface area contributed by atoms with E-state index in [1.165, 1.54) is 18.4 Å². The molecular formula is C12H11IN2. The second kappa shape index (κ2) is 3.63. The lowest BCUT2D eigenvalue weighted by Gasteiger charge is -1.98. The summed E-state index contributed by atoms with van der Waals surface area (Å²) in [5.74, 6) is 0.773. The van der Waals surface area contributed by atoms with Crippen molar-refractivity contribution in [1.82, 2.24) is 9.78 Å². The first-order valence-electron chi connectivity index (χ1n) is 5.15. The zero-order valence-corrected chi connectivity index (χ0v) is 10.4. The van der Waals surface area contributed by atoms with E-state index in [1.807, 2.05) is 22.9 Å². The number of aromatic nitrogens is 2. The van der Waals surface area contributed by atoms with Gasteiger partial charge in [0.15, 0.2) is 0 Å². The quantitative estimate of drug-likeness (QED) is 0.778. The summed E-state index contributed by atoms with van der Waals surface area (Å²) in [5, 5.41) is 4.55. The Labute approximate surface area is 102 Å². The number of para-hydroxylation sites is 1. The smallest absolute Gasteiger partial charge is 0.127 e. The summed E-state index contributed by atoms with van der Waals surface area (Å²) in [6, 6.07) is 10.3. The summed E-state index contributed by atoms with van der Waals surface area (Å²) in [4.78, 5) is 0. The number of halogens is 1. The number of rotatable bonds is 2. The van der Waals surface area contributed by atoms with Crippen LogP contribution in [0.15, 0.2) is 36.5 Å². The molecule has 15 heavy (non-hydrogen) atoms. The maximum Gasteiger partial charge on any atom is 0.127 e. The van der Waals surface area contributed by atoms with Crippen molar-refractivity contribution < 1.29 is 0 Å². The van der Waals surface area contributed by atoms with Crippen LogP contribution in [0.3, 0.4) is 0 Å². The predicted octanol–water partition coefficient (Wildman–Crippen LogP) is 3.35. The zero-order valence-electron chi connectivity index (χ0n) is 8.23. The molecule has 3 heteroatoms. The van der Waals surface area contributed by atoms with E-state index in [0.717, 1.165) is 15.3 Å². The minimum absolute atomic E-state index is 0.773. The van der Waals surface area contributed by atoms with E-state index in [4.69, 9.17) is 0 Å². The van der Waals surface area contributed by atoms with Crippen molar-refractivity contribution in [2.24, 2.45) is 0 Å². The van der Waals surface area contributed by atoms with E-state index < -0.39 is 0 Å². The van der Waals surface area contributed by atoms with Crippen molar-refractivity contribution in [3.63, 3.8) is 0 Å². The molecule has 1 aromatic heterocycles. The molecule has 0 unspecified atom stereocenters. The van der Waals surface area contributed by atoms with Crippen molar-refractivity contribution in [3.8, 4) is 5.69 Å². The van der Waals surface area contributed by atoms with Gasteiger partial charge in [0.25, 0.3) is 0 Å². The van der Waals surface area contributed by atoms with Crippen LogP contribution in [-0.2, 0) is 0 Å². The van der Waals surface area contributed by atoms with Gasteiger partial charge in [0, 0.05) is 11.8 Å². The molecule has 0 amide bonds. The second-order valence-corrected chi connectivity index (χ2v) is 4.95. The average Bonchev–Trinajstić information content (AvgIpc) is 3.04. The normalized spacial score (nSPS) is 15.5. The number of nitrogens with zero attached hydrogens (tertiary/aromatic N) is 2. The van der Waals surface area contributed by atoms with Gasteiger partial charge in [0.2, 0.25) is 0 Å². The van der Waals surface area contributed by atoms with Gasteiger partial charge in [0.1, 0.15) is 3.70 Å². The Kier molecular flexibility index (Phi) is 2.27. The summed E-state index contributed by atoms with van der Waals surface area (Å²) in [7, 11) is 0. The molecular weight excluding hydrogens is 299 g/mol. The minimum atomic E-state index is 0.773. The van der Waals surface area contributed by atoms with Crippen LogP contribution in [0.5, 0.6) is 0 Å². The van der Waals surface area contributed by atoms with Crippen LogP contribution < -0.4 is 0 Å². The third kappa shape index (κ3) is 1.80. The average molecular weight is 310 g/mol. The van der Waals surface area contributed by atoms with E-state index in [1.54, 1.807) is 0 Å². The topological polar surface area (TPSA) is 17.8 Å². The zero-order chi connectivity index (χ0) is 10.3. The monoisotopic (exact) mass is 310 g/mol. The standard InChI is InChI=1S/C12H11IN2/c13-12-11(9-6-7-9)8-15(14-12)10-4-2-1-3-5-10/h1-5,8-9H,6-7H2. The van der Waals surface area contributed by atoms with Crippen LogP contribution in [0.1, 0.15) is 24.3 Å². The molecule has 1 aliphatic rings. The van der Waals surface area contributed by atoms with Gasteiger partial charge < -0.3 is 0 Å². The van der Waals surface area contributed by atoms with Crippen molar-refractivity contribution in [2.75, 3.05) is 0 Å². The lowest BCUT2D eigenvalue weighted by molar-refractivity contribution is 0.869. The van der Waals surface area contributed by atoms with Crippen molar-refractivity contribution in [3.05, 3.63) is 45.8 Å². The third-order valence-corrected chi connectivity index (χ3v) is 3.57. The highest BCUT2D eigenvalue weighted by molar-refractivity contribution is 14.1. The summed E-state index contributed by atoms with van der Waals surface area (Å²) >= 11 is 2.33. The molecule has 0 N–H and O–H groups in total. The molecule has 1 saturated carbocycles. The molecule has 1 fully saturated rings. The molecule has 0 saturated heterocycles. The van der Waals surface area contributed by atoms with Gasteiger partial charge in [-0.2, -0.15) is 5.10 Å². The Morgan fingerprint density at radius 1 is 1.20 bits per heavy atom. The summed E-state index contributed by atoms with van der Waals surface area (Å²) in [6.07, 6.45) is 4.84. The van der Waals surface area contributed by atoms with E-state index in [0.29, 0.717) is 0 Å². The van der Waals surface area contributed by atoms with Crippen LogP contribution >= 0.6 is 22.6 Å². The highest BCUT2D eigenvalue weighted by Gasteiger charge is 2.27. The molecule has 1 heterocycles. The Bertz CT molecular complexity index is 472. The fraction of sp³-hybridized carbons (Fsp3) is 0.250. The molecule has 2 aromatic rings. The molecule has 2 nitrogen and oxygen atoms in total. The first-order valence-corrected chi connectivity index (χ1v) is 6.23. The van der Waals surface area contributed by atoms with Crippen LogP contribution in [0.2, 0.25) is 0 Å². The maximum absolute atomic E-state index is 4.55. The lowest BCUT2D eigenvalue weighted by atomic mass is 10.2. The van der Waals surface area contributed by atoms with Crippen molar-refractivity contribution in [1.29, 1.82) is 0 Å². The SMILES string of the molecule is Ic1nn(-c2ccccc2)cc1C1CC1. The molecule has 1 aromatic carbocycles. The van der Waals surface area contributed by atoms with Gasteiger partial charge in [-0.15, -0.1) is 0 Å². The summed E-state index contributed by atoms with van der Waals surface area (Å²) < 4.78 is 3.13. The molecule has 3 rings (SSSR count). The van der Waals surface area contributed by atoms with E-state index in [2.05, 4.69) is 46.0 Å². The van der Waals surface area contributed by atoms with Crippen molar-refractivity contribution >= 4 is 22.6 Å². The molecule has 0 aliphatic heterocycles. The van der Waals surface area contributed by atoms with E-state index in [-0.39, 0.29) is 0 Å². The van der Waals surface area contributed by atoms with E-state index >= 15 is 0 Å². The fourth-order valence-corrected chi connectivity index (χ4v) is 2.56. The van der Waals surface area contributed by atoms with Crippen LogP contribution in [0.4, 0.5) is 0 Å². The molecule has 0 atom stereocenters.